The van der Waals surface area contributed by atoms with Gasteiger partial charge in [-0.25, -0.2) is 4.79 Å². The maximum absolute atomic E-state index is 12.6. The molecular formula is C17H25N3OS. The highest BCUT2D eigenvalue weighted by Gasteiger charge is 2.34. The van der Waals surface area contributed by atoms with Gasteiger partial charge in [0.2, 0.25) is 0 Å². The van der Waals surface area contributed by atoms with Crippen LogP contribution in [0.15, 0.2) is 30.2 Å². The third-order valence-electron chi connectivity index (χ3n) is 4.46. The molecule has 22 heavy (non-hydrogen) atoms. The largest absolute Gasteiger partial charge is 0.335 e. The lowest BCUT2D eigenvalue weighted by Gasteiger charge is -2.33. The SMILES string of the molecule is C=CCN1CCC(NC(=O)N(Cc2cccs2)C2CC2)CC1. The van der Waals surface area contributed by atoms with Crippen LogP contribution in [0, 0.1) is 0 Å². The molecule has 1 saturated carbocycles. The first kappa shape index (κ1) is 15.6. The van der Waals surface area contributed by atoms with Crippen LogP contribution in [0.5, 0.6) is 0 Å². The summed E-state index contributed by atoms with van der Waals surface area (Å²) >= 11 is 1.73. The molecule has 0 radical (unpaired) electrons. The van der Waals surface area contributed by atoms with Crippen molar-refractivity contribution < 1.29 is 4.79 Å². The van der Waals surface area contributed by atoms with Crippen molar-refractivity contribution in [1.82, 2.24) is 15.1 Å². The number of hydrogen-bond acceptors (Lipinski definition) is 3. The number of urea groups is 1. The zero-order valence-corrected chi connectivity index (χ0v) is 13.9. The van der Waals surface area contributed by atoms with E-state index in [-0.39, 0.29) is 6.03 Å². The van der Waals surface area contributed by atoms with Crippen LogP contribution in [0.4, 0.5) is 4.79 Å². The Morgan fingerprint density at radius 1 is 1.41 bits per heavy atom. The number of nitrogens with zero attached hydrogens (tertiary/aromatic N) is 2. The van der Waals surface area contributed by atoms with E-state index in [1.165, 1.54) is 4.88 Å². The third-order valence-corrected chi connectivity index (χ3v) is 5.32. The van der Waals surface area contributed by atoms with Gasteiger partial charge in [-0.05, 0) is 37.1 Å². The predicted molar refractivity (Wildman–Crippen MR) is 91.1 cm³/mol. The summed E-state index contributed by atoms with van der Waals surface area (Å²) in [6.45, 7) is 7.59. The highest BCUT2D eigenvalue weighted by atomic mass is 32.1. The topological polar surface area (TPSA) is 35.6 Å². The summed E-state index contributed by atoms with van der Waals surface area (Å²) in [4.78, 5) is 18.3. The average molecular weight is 319 g/mol. The first-order valence-electron chi connectivity index (χ1n) is 8.19. The zero-order chi connectivity index (χ0) is 15.4. The van der Waals surface area contributed by atoms with Crippen molar-refractivity contribution >= 4 is 17.4 Å². The summed E-state index contributed by atoms with van der Waals surface area (Å²) < 4.78 is 0. The Morgan fingerprint density at radius 2 is 2.18 bits per heavy atom. The lowest BCUT2D eigenvalue weighted by atomic mass is 10.1. The quantitative estimate of drug-likeness (QED) is 0.818. The van der Waals surface area contributed by atoms with Crippen molar-refractivity contribution in [3.8, 4) is 0 Å². The van der Waals surface area contributed by atoms with Gasteiger partial charge in [0.25, 0.3) is 0 Å². The van der Waals surface area contributed by atoms with Gasteiger partial charge >= 0.3 is 6.03 Å². The van der Waals surface area contributed by atoms with Gasteiger partial charge in [-0.3, -0.25) is 4.90 Å². The van der Waals surface area contributed by atoms with Gasteiger partial charge in [-0.15, -0.1) is 17.9 Å². The van der Waals surface area contributed by atoms with E-state index in [1.807, 2.05) is 11.0 Å². The fourth-order valence-corrected chi connectivity index (χ4v) is 3.73. The minimum atomic E-state index is 0.123. The van der Waals surface area contributed by atoms with Crippen LogP contribution in [0.1, 0.15) is 30.6 Å². The molecule has 5 heteroatoms. The van der Waals surface area contributed by atoms with Crippen molar-refractivity contribution in [3.63, 3.8) is 0 Å². The molecule has 2 heterocycles. The average Bonchev–Trinajstić information content (AvgIpc) is 3.23. The van der Waals surface area contributed by atoms with Gasteiger partial charge in [-0.1, -0.05) is 12.1 Å². The van der Waals surface area contributed by atoms with E-state index in [9.17, 15) is 4.79 Å². The van der Waals surface area contributed by atoms with Crippen LogP contribution in [-0.2, 0) is 6.54 Å². The predicted octanol–water partition coefficient (Wildman–Crippen LogP) is 3.07. The molecule has 2 fully saturated rings. The Morgan fingerprint density at radius 3 is 2.77 bits per heavy atom. The molecule has 1 aliphatic heterocycles. The van der Waals surface area contributed by atoms with E-state index < -0.39 is 0 Å². The van der Waals surface area contributed by atoms with Gasteiger partial charge in [-0.2, -0.15) is 0 Å². The van der Waals surface area contributed by atoms with E-state index in [4.69, 9.17) is 0 Å². The second-order valence-corrected chi connectivity index (χ2v) is 7.28. The number of rotatable bonds is 6. The lowest BCUT2D eigenvalue weighted by molar-refractivity contribution is 0.173. The Hall–Kier alpha value is -1.33. The standard InChI is InChI=1S/C17H25N3OS/c1-2-9-19-10-7-14(8-11-19)18-17(21)20(15-5-6-15)13-16-4-3-12-22-16/h2-4,12,14-15H,1,5-11,13H2,(H,18,21). The van der Waals surface area contributed by atoms with Gasteiger partial charge in [0.15, 0.2) is 0 Å². The molecule has 2 aliphatic rings. The minimum Gasteiger partial charge on any atom is -0.335 e. The summed E-state index contributed by atoms with van der Waals surface area (Å²) in [5.74, 6) is 0. The van der Waals surface area contributed by atoms with Gasteiger partial charge in [0.1, 0.15) is 0 Å². The molecule has 2 amide bonds. The van der Waals surface area contributed by atoms with Crippen LogP contribution in [0.2, 0.25) is 0 Å². The van der Waals surface area contributed by atoms with Crippen molar-refractivity contribution in [3.05, 3.63) is 35.0 Å². The number of nitrogens with one attached hydrogen (secondary N) is 1. The van der Waals surface area contributed by atoms with Crippen molar-refractivity contribution in [2.24, 2.45) is 0 Å². The lowest BCUT2D eigenvalue weighted by Crippen LogP contribution is -2.49. The molecule has 120 valence electrons. The van der Waals surface area contributed by atoms with Crippen LogP contribution in [-0.4, -0.2) is 47.5 Å². The molecule has 0 unspecified atom stereocenters. The third kappa shape index (κ3) is 4.11. The number of carbonyl (C=O) groups is 1. The Labute approximate surface area is 136 Å². The molecule has 0 bridgehead atoms. The summed E-state index contributed by atoms with van der Waals surface area (Å²) in [5, 5.41) is 5.33. The summed E-state index contributed by atoms with van der Waals surface area (Å²) in [6.07, 6.45) is 6.33. The fourth-order valence-electron chi connectivity index (χ4n) is 3.02. The number of amides is 2. The smallest absolute Gasteiger partial charge is 0.318 e. The second-order valence-electron chi connectivity index (χ2n) is 6.25. The maximum atomic E-state index is 12.6. The maximum Gasteiger partial charge on any atom is 0.318 e. The van der Waals surface area contributed by atoms with Gasteiger partial charge in [0.05, 0.1) is 6.54 Å². The first-order valence-corrected chi connectivity index (χ1v) is 9.07. The number of carbonyl (C=O) groups excluding carboxylic acids is 1. The van der Waals surface area contributed by atoms with Crippen molar-refractivity contribution in [2.45, 2.75) is 44.3 Å². The number of thiophene rings is 1. The molecule has 1 saturated heterocycles. The van der Waals surface area contributed by atoms with E-state index in [2.05, 4.69) is 34.3 Å². The van der Waals surface area contributed by atoms with Crippen molar-refractivity contribution in [2.75, 3.05) is 19.6 Å². The zero-order valence-electron chi connectivity index (χ0n) is 13.0. The fraction of sp³-hybridized carbons (Fsp3) is 0.588. The van der Waals surface area contributed by atoms with E-state index in [1.54, 1.807) is 11.3 Å². The highest BCUT2D eigenvalue weighted by molar-refractivity contribution is 7.09. The summed E-state index contributed by atoms with van der Waals surface area (Å²) in [6, 6.07) is 5.05. The second kappa shape index (κ2) is 7.29. The Bertz CT molecular complexity index is 490. The van der Waals surface area contributed by atoms with E-state index in [0.717, 1.165) is 51.9 Å². The normalized spacial score (nSPS) is 19.8. The van der Waals surface area contributed by atoms with Gasteiger partial charge < -0.3 is 10.2 Å². The molecule has 3 rings (SSSR count). The van der Waals surface area contributed by atoms with Crippen molar-refractivity contribution in [1.29, 1.82) is 0 Å². The molecule has 1 aliphatic carbocycles. The number of hydrogen-bond donors (Lipinski definition) is 1. The van der Waals surface area contributed by atoms with Crippen LogP contribution in [0.3, 0.4) is 0 Å². The van der Waals surface area contributed by atoms with E-state index >= 15 is 0 Å². The molecule has 0 aromatic carbocycles. The highest BCUT2D eigenvalue weighted by Crippen LogP contribution is 2.29. The first-order chi connectivity index (χ1) is 10.8. The number of likely N-dealkylation sites (tertiary alicyclic amines) is 1. The summed E-state index contributed by atoms with van der Waals surface area (Å²) in [7, 11) is 0. The molecule has 1 aromatic heterocycles. The molecule has 0 atom stereocenters. The van der Waals surface area contributed by atoms with E-state index in [0.29, 0.717) is 12.1 Å². The van der Waals surface area contributed by atoms with Crippen LogP contribution < -0.4 is 5.32 Å². The molecule has 4 nitrogen and oxygen atoms in total. The monoisotopic (exact) mass is 319 g/mol. The molecule has 0 spiro atoms. The van der Waals surface area contributed by atoms with Crippen LogP contribution >= 0.6 is 11.3 Å². The Balaban J connectivity index is 1.50. The number of piperidine rings is 1. The molecular weight excluding hydrogens is 294 g/mol. The summed E-state index contributed by atoms with van der Waals surface area (Å²) in [5.41, 5.74) is 0. The Kier molecular flexibility index (Phi) is 5.16. The minimum absolute atomic E-state index is 0.123. The molecule has 1 N–H and O–H groups in total. The van der Waals surface area contributed by atoms with Gasteiger partial charge in [0, 0.05) is 36.6 Å². The van der Waals surface area contributed by atoms with Crippen LogP contribution in [0.25, 0.3) is 0 Å². The molecule has 1 aromatic rings.